The van der Waals surface area contributed by atoms with Crippen LogP contribution in [0.5, 0.6) is 17.2 Å². The summed E-state index contributed by atoms with van der Waals surface area (Å²) in [6, 6.07) is 24.6. The third-order valence-electron chi connectivity index (χ3n) is 27.0. The fourth-order valence-electron chi connectivity index (χ4n) is 20.9. The Kier molecular flexibility index (Phi) is 33.2. The molecule has 6 aliphatic carbocycles. The number of carbonyl (C=O) groups excluding carboxylic acids is 6. The zero-order chi connectivity index (χ0) is 95.5. The number of nitrogens with zero attached hydrogens (tertiary/aromatic N) is 4. The molecule has 0 bridgehead atoms. The van der Waals surface area contributed by atoms with Gasteiger partial charge in [0.05, 0.1) is 48.5 Å². The molecule has 18 rings (SSSR count). The Bertz CT molecular complexity index is 6130. The molecule has 41 heteroatoms. The van der Waals surface area contributed by atoms with Gasteiger partial charge in [0, 0.05) is 101 Å². The van der Waals surface area contributed by atoms with E-state index < -0.39 is 144 Å². The summed E-state index contributed by atoms with van der Waals surface area (Å²) in [5, 5.41) is 66.9. The number of alkyl halides is 1. The maximum atomic E-state index is 15.4. The summed E-state index contributed by atoms with van der Waals surface area (Å²) >= 11 is 1.35. The second kappa shape index (κ2) is 42.2. The van der Waals surface area contributed by atoms with Gasteiger partial charge in [-0.05, 0) is 218 Å². The van der Waals surface area contributed by atoms with E-state index in [0.717, 1.165) is 73.2 Å². The minimum absolute atomic E-state index is 0. The second-order valence-electron chi connectivity index (χ2n) is 36.5. The van der Waals surface area contributed by atoms with Crippen LogP contribution in [0.3, 0.4) is 0 Å². The molecule has 136 heavy (non-hydrogen) atoms. The van der Waals surface area contributed by atoms with Crippen LogP contribution in [0.2, 0.25) is 0 Å². The van der Waals surface area contributed by atoms with Gasteiger partial charge in [0.25, 0.3) is 15.9 Å². The van der Waals surface area contributed by atoms with Crippen molar-refractivity contribution in [3.8, 4) is 17.2 Å². The molecule has 36 nitrogen and oxygen atoms in total. The number of nitrogens with two attached hydrogens (primary N) is 1. The predicted octanol–water partition coefficient (Wildman–Crippen LogP) is 7.83. The monoisotopic (exact) mass is 1940 g/mol. The zero-order valence-corrected chi connectivity index (χ0v) is 77.8. The van der Waals surface area contributed by atoms with Crippen molar-refractivity contribution < 1.29 is 136 Å². The number of sulfonamides is 1. The van der Waals surface area contributed by atoms with Gasteiger partial charge in [0.2, 0.25) is 23.0 Å². The Morgan fingerprint density at radius 3 is 2.13 bits per heavy atom. The Morgan fingerprint density at radius 2 is 1.52 bits per heavy atom. The normalized spacial score (nSPS) is 25.7. The fraction of sp³-hybridized carbons (Fsp3) is 0.453. The van der Waals surface area contributed by atoms with Crippen LogP contribution in [-0.4, -0.2) is 257 Å². The van der Waals surface area contributed by atoms with Crippen molar-refractivity contribution in [2.45, 2.75) is 201 Å². The number of hydrogen-bond acceptors (Lipinski definition) is 25. The van der Waals surface area contributed by atoms with Gasteiger partial charge < -0.3 is 110 Å². The molecule has 4 amide bonds. The fourth-order valence-corrected chi connectivity index (χ4v) is 23.7. The van der Waals surface area contributed by atoms with Gasteiger partial charge in [-0.1, -0.05) is 56.3 Å². The first kappa shape index (κ1) is 107. The average Bonchev–Trinajstić information content (AvgIpc) is 1.50. The van der Waals surface area contributed by atoms with E-state index in [-0.39, 0.29) is 133 Å². The van der Waals surface area contributed by atoms with Crippen molar-refractivity contribution in [3.63, 3.8) is 0 Å². The molecule has 1 unspecified atom stereocenters. The number of hydrogen-bond donors (Lipinski definition) is 11. The maximum absolute atomic E-state index is 15.4. The molecule has 7 heterocycles. The summed E-state index contributed by atoms with van der Waals surface area (Å²) in [4.78, 5) is 124. The summed E-state index contributed by atoms with van der Waals surface area (Å²) in [7, 11) is 0.871. The molecule has 8 aromatic rings. The summed E-state index contributed by atoms with van der Waals surface area (Å²) in [5.41, 5.74) is 7.82. The van der Waals surface area contributed by atoms with Crippen molar-refractivity contribution in [1.29, 1.82) is 0 Å². The number of ketones is 2. The number of β-lactam (4-membered cyclic amide) rings is 1. The molecule has 3 aromatic heterocycles. The quantitative estimate of drug-likeness (QED) is 0.0271. The first-order chi connectivity index (χ1) is 62.4. The minimum atomic E-state index is -4.04. The van der Waals surface area contributed by atoms with Crippen molar-refractivity contribution in [2.75, 3.05) is 50.7 Å². The van der Waals surface area contributed by atoms with Crippen molar-refractivity contribution >= 4 is 138 Å². The topological polar surface area (TPSA) is 570 Å². The number of thioether (sulfide) groups is 1. The molecular weight excluding hydrogens is 1820 g/mol. The predicted molar refractivity (Wildman–Crippen MR) is 499 cm³/mol. The molecule has 730 valence electrons. The average molecular weight is 1940 g/mol. The molecule has 5 saturated carbocycles. The Labute approximate surface area is 808 Å². The number of ether oxygens (including phenoxy) is 5. The van der Waals surface area contributed by atoms with Crippen LogP contribution in [0, 0.1) is 41.3 Å². The van der Waals surface area contributed by atoms with Gasteiger partial charge in [-0.3, -0.25) is 34.1 Å². The number of Topliss-reactive ketones (excluding diaryl/α,β-unsaturated/α-hetero) is 1. The van der Waals surface area contributed by atoms with E-state index in [2.05, 4.69) is 25.1 Å². The van der Waals surface area contributed by atoms with Crippen LogP contribution in [0.25, 0.3) is 21.8 Å². The number of allylic oxidation sites excluding steroid dienone is 4. The number of anilines is 2. The van der Waals surface area contributed by atoms with E-state index in [1.165, 1.54) is 104 Å². The van der Waals surface area contributed by atoms with Crippen LogP contribution in [0.4, 0.5) is 25.0 Å². The Morgan fingerprint density at radius 1 is 0.831 bits per heavy atom. The number of aromatic carboxylic acids is 2. The molecule has 10 aliphatic rings. The number of aryl methyl sites for hydroxylation is 2. The zero-order valence-electron chi connectivity index (χ0n) is 76.2. The second-order valence-corrected chi connectivity index (χ2v) is 39.9. The Hall–Kier alpha value is -11.0. The number of carbonyl (C=O) groups is 9. The van der Waals surface area contributed by atoms with Gasteiger partial charge in [0.1, 0.15) is 65.1 Å². The number of nitrogens with one attached hydrogen (secondary N) is 4. The van der Waals surface area contributed by atoms with Gasteiger partial charge in [0.15, 0.2) is 34.5 Å². The van der Waals surface area contributed by atoms with E-state index >= 15 is 8.78 Å². The number of aromatic nitrogens is 2. The van der Waals surface area contributed by atoms with Gasteiger partial charge >= 0.3 is 53.6 Å². The summed E-state index contributed by atoms with van der Waals surface area (Å²) < 4.78 is 95.1. The van der Waals surface area contributed by atoms with E-state index in [9.17, 15) is 81.9 Å². The number of methoxy groups -OCH3 is 2. The van der Waals surface area contributed by atoms with Crippen LogP contribution in [0.1, 0.15) is 172 Å². The number of phenols is 1. The van der Waals surface area contributed by atoms with E-state index in [4.69, 9.17) is 34.5 Å². The third kappa shape index (κ3) is 20.9. The van der Waals surface area contributed by atoms with E-state index in [1.54, 1.807) is 75.6 Å². The number of rotatable bonds is 19. The SMILES string of the molecule is CC1(C)O[C@@H]2C[C@H]3[C@@H]4C[C@H](F)C5=CC(=O)C=C[C@]5(C)[C@H]4[C@@H](O)C[C@]3(C)[C@]2(C(=O)CO)O1.CC1(C)S[C@@H]2[C@H](NC(=O)[C@H](N)c3ccc(O)cc3)C(=O)N2[C@H]1C(=O)O.COc1c(N2CCNC(C)C2)c(F)cc2c(=O)c(C(=O)O)cn(C3CC3)c12.COc1cc(C(=O)NS(=O)(=O)c2ccccc2C)ccc1Cc1cn(C)c2ccc(NC(=O)OC3CCCC3)cc12.O.O.O.O=C(O)c1ccco1.[NaH]. The van der Waals surface area contributed by atoms with Gasteiger partial charge in [-0.15, -0.1) is 11.8 Å². The number of fused-ring (bicyclic) bond motifs is 10. The number of halogens is 2. The van der Waals surface area contributed by atoms with Crippen molar-refractivity contribution in [3.05, 3.63) is 201 Å². The molecule has 14 atom stereocenters. The number of pyridine rings is 1. The number of aliphatic hydroxyl groups is 2. The number of phenolic OH excluding ortho intramolecular Hbond substituents is 1. The molecule has 4 aliphatic heterocycles. The number of furan rings is 1. The van der Waals surface area contributed by atoms with Crippen LogP contribution >= 0.6 is 11.8 Å². The van der Waals surface area contributed by atoms with Gasteiger partial charge in [-0.2, -0.15) is 0 Å². The molecule has 5 aromatic carbocycles. The first-order valence-electron chi connectivity index (χ1n) is 43.6. The standard InChI is InChI=1S/C31H33N3O6S.C24H31FO6.C19H22FN3O4.C16H19N3O5S.C5H4O3.Na.3H2O.H/c1-20-8-4-7-11-29(20)41(37,38)33-30(35)22-13-12-21(28(17-22)39-3)16-23-19-34(2)27-15-14-24(18-26(23)27)32-31(36)40-25-9-5-6-10-25;1-21(2)30-19-9-14-13-8-16(25)15-7-12(27)5-6-22(15,3)20(13)17(28)10-23(14,4)24(19,31-21)18(29)11-26;1-10-8-22(6-5-21-10)16-14(20)7-12-15(18(16)27-2)23(11-3-4-11)9-13(17(12)24)19(25)26;1-16(2)11(15(23)24)19-13(22)10(14(19)25-16)18-12(21)9(17)7-3-5-8(20)6-4-7;6-5(7)4-2-1-3-8-4;;;;;/h4,7-8,11-15,17-19,25H,5-6,9-10,16H2,1-3H3,(H,32,36)(H,33,35);5-7,13-14,16-17,19-20,26,28H,8-11H2,1-4H3;7,9-11,21H,3-6,8H2,1-2H3,(H,25,26);3-6,9-11,14,20H,17H2,1-2H3,(H,18,21)(H,23,24);1-3H,(H,6,7);;3*1H2;/t;13-,14-,16-,17-,19+,20+,22-,23-,24+;;9-,10-,11+,14-;;;;;;/m.0.1....../s1. The van der Waals surface area contributed by atoms with Crippen molar-refractivity contribution in [2.24, 2.45) is 41.4 Å². The molecular formula is C95H116F2N9NaO27S2. The van der Waals surface area contributed by atoms with Crippen LogP contribution in [-0.2, 0) is 61.7 Å². The summed E-state index contributed by atoms with van der Waals surface area (Å²) in [6.45, 7) is 15.8. The summed E-state index contributed by atoms with van der Waals surface area (Å²) in [5.74, 6) is -7.15. The number of aliphatic hydroxyl groups excluding tert-OH is 2. The number of piperazine rings is 1. The summed E-state index contributed by atoms with van der Waals surface area (Å²) in [6.07, 6.45) is 13.4. The molecule has 0 spiro atoms. The molecule has 18 N–H and O–H groups in total. The molecule has 0 radical (unpaired) electrons. The third-order valence-corrected chi connectivity index (χ3v) is 30.0. The van der Waals surface area contributed by atoms with Crippen LogP contribution < -0.4 is 46.2 Å². The number of aliphatic carboxylic acids is 1. The van der Waals surface area contributed by atoms with E-state index in [1.807, 2.05) is 61.7 Å². The number of amides is 4. The Balaban J connectivity index is 0.000000183. The molecule has 4 saturated heterocycles. The number of benzene rings is 5. The van der Waals surface area contributed by atoms with Crippen LogP contribution in [0.15, 0.2) is 160 Å². The van der Waals surface area contributed by atoms with Crippen molar-refractivity contribution in [1.82, 2.24) is 29.4 Å². The van der Waals surface area contributed by atoms with Gasteiger partial charge in [-0.25, -0.2) is 41.1 Å². The molecule has 9 fully saturated rings. The first-order valence-corrected chi connectivity index (χ1v) is 45.9. The number of carboxylic acids is 3. The van der Waals surface area contributed by atoms with E-state index in [0.29, 0.717) is 71.0 Å². The number of aromatic hydroxyl groups is 1. The number of carboxylic acid groups (broad SMARTS) is 3.